The Bertz CT molecular complexity index is 1450. The second-order valence-corrected chi connectivity index (χ2v) is 12.3. The summed E-state index contributed by atoms with van der Waals surface area (Å²) < 4.78 is 23.9. The molecule has 1 aromatic heterocycles. The molecule has 0 aliphatic rings. The van der Waals surface area contributed by atoms with Crippen molar-refractivity contribution in [1.82, 2.24) is 0 Å². The monoisotopic (exact) mass is 602 g/mol. The van der Waals surface area contributed by atoms with E-state index in [1.54, 1.807) is 6.07 Å². The van der Waals surface area contributed by atoms with E-state index in [9.17, 15) is 4.79 Å². The molecule has 1 heterocycles. The molecule has 0 fully saturated rings. The lowest BCUT2D eigenvalue weighted by atomic mass is 10.1. The van der Waals surface area contributed by atoms with Gasteiger partial charge in [-0.05, 0) is 131 Å². The van der Waals surface area contributed by atoms with Crippen molar-refractivity contribution in [1.29, 1.82) is 0 Å². The van der Waals surface area contributed by atoms with Crippen molar-refractivity contribution >= 4 is 11.0 Å². The Labute approximate surface area is 265 Å². The van der Waals surface area contributed by atoms with Crippen LogP contribution < -0.4 is 19.8 Å². The molecule has 240 valence electrons. The van der Waals surface area contributed by atoms with E-state index in [-0.39, 0.29) is 12.4 Å². The molecule has 5 heteroatoms. The lowest BCUT2D eigenvalue weighted by Crippen LogP contribution is -2.11. The van der Waals surface area contributed by atoms with Crippen molar-refractivity contribution in [3.63, 3.8) is 0 Å². The minimum Gasteiger partial charge on any atom is -0.489 e. The molecule has 0 unspecified atom stereocenters. The zero-order valence-corrected chi connectivity index (χ0v) is 28.6. The van der Waals surface area contributed by atoms with Crippen LogP contribution in [0.2, 0.25) is 0 Å². The maximum absolute atomic E-state index is 13.2. The van der Waals surface area contributed by atoms with Gasteiger partial charge in [-0.2, -0.15) is 0 Å². The van der Waals surface area contributed by atoms with E-state index >= 15 is 0 Å². The van der Waals surface area contributed by atoms with Gasteiger partial charge >= 0.3 is 5.63 Å². The molecule has 0 saturated heterocycles. The van der Waals surface area contributed by atoms with Crippen molar-refractivity contribution in [2.45, 2.75) is 101 Å². The van der Waals surface area contributed by atoms with Crippen molar-refractivity contribution in [3.8, 4) is 17.2 Å². The zero-order chi connectivity index (χ0) is 32.5. The summed E-state index contributed by atoms with van der Waals surface area (Å²) in [6, 6.07) is 5.49. The van der Waals surface area contributed by atoms with Crippen LogP contribution in [0.5, 0.6) is 17.2 Å². The van der Waals surface area contributed by atoms with Gasteiger partial charge in [-0.25, -0.2) is 4.79 Å². The number of benzene rings is 1. The Kier molecular flexibility index (Phi) is 16.2. The molecule has 0 aliphatic heterocycles. The van der Waals surface area contributed by atoms with E-state index in [2.05, 4.69) is 92.7 Å². The molecule has 0 bridgehead atoms. The van der Waals surface area contributed by atoms with E-state index in [0.717, 1.165) is 38.5 Å². The third-order valence-corrected chi connectivity index (χ3v) is 7.07. The van der Waals surface area contributed by atoms with Crippen LogP contribution in [0.15, 0.2) is 97.3 Å². The largest absolute Gasteiger partial charge is 0.489 e. The van der Waals surface area contributed by atoms with Crippen molar-refractivity contribution in [2.24, 2.45) is 0 Å². The van der Waals surface area contributed by atoms with Crippen LogP contribution in [0.3, 0.4) is 0 Å². The van der Waals surface area contributed by atoms with Gasteiger partial charge in [0.05, 0.1) is 5.39 Å². The summed E-state index contributed by atoms with van der Waals surface area (Å²) in [5.41, 5.74) is 7.49. The average molecular weight is 603 g/mol. The van der Waals surface area contributed by atoms with E-state index < -0.39 is 5.63 Å². The number of hydrogen-bond donors (Lipinski definition) is 0. The number of allylic oxidation sites excluding steroid dienone is 9. The molecule has 0 amide bonds. The summed E-state index contributed by atoms with van der Waals surface area (Å²) in [4.78, 5) is 13.2. The fourth-order valence-electron chi connectivity index (χ4n) is 4.38. The van der Waals surface area contributed by atoms with Gasteiger partial charge in [0.15, 0.2) is 5.75 Å². The van der Waals surface area contributed by atoms with Crippen LogP contribution in [0.1, 0.15) is 101 Å². The molecule has 0 aliphatic carbocycles. The standard InChI is InChI=1S/C39H54O5/c1-28(2)13-10-16-31(7)21-24-41-34-19-20-35-36(27-34)44-39(40)38(43-26-23-33(9)18-12-15-30(5)6)37(35)42-25-22-32(8)17-11-14-29(3)4/h13-15,19-23,27H,10-12,16-18,24-26H2,1-9H3/b31-21+,32-22+,33-23+. The molecule has 0 saturated carbocycles. The first-order valence-corrected chi connectivity index (χ1v) is 15.8. The molecule has 44 heavy (non-hydrogen) atoms. The van der Waals surface area contributed by atoms with Crippen LogP contribution in [-0.2, 0) is 0 Å². The lowest BCUT2D eigenvalue weighted by Gasteiger charge is -2.13. The molecule has 0 spiro atoms. The summed E-state index contributed by atoms with van der Waals surface area (Å²) in [5, 5.41) is 0.667. The van der Waals surface area contributed by atoms with Gasteiger partial charge < -0.3 is 18.6 Å². The number of hydrogen-bond acceptors (Lipinski definition) is 5. The molecule has 5 nitrogen and oxygen atoms in total. The van der Waals surface area contributed by atoms with Gasteiger partial charge in [-0.3, -0.25) is 0 Å². The average Bonchev–Trinajstić information content (AvgIpc) is 2.93. The predicted octanol–water partition coefficient (Wildman–Crippen LogP) is 11.0. The zero-order valence-electron chi connectivity index (χ0n) is 28.6. The minimum absolute atomic E-state index is 0.0880. The molecule has 0 N–H and O–H groups in total. The molecule has 1 aromatic carbocycles. The lowest BCUT2D eigenvalue weighted by molar-refractivity contribution is 0.295. The number of ether oxygens (including phenoxy) is 3. The first kappa shape index (κ1) is 36.5. The highest BCUT2D eigenvalue weighted by Gasteiger charge is 2.18. The van der Waals surface area contributed by atoms with Gasteiger partial charge in [-0.15, -0.1) is 0 Å². The van der Waals surface area contributed by atoms with Gasteiger partial charge in [0.2, 0.25) is 5.75 Å². The van der Waals surface area contributed by atoms with Crippen molar-refractivity contribution in [2.75, 3.05) is 19.8 Å². The van der Waals surface area contributed by atoms with Crippen LogP contribution in [0.4, 0.5) is 0 Å². The van der Waals surface area contributed by atoms with E-state index in [0.29, 0.717) is 35.7 Å². The Morgan fingerprint density at radius 2 is 1.02 bits per heavy atom. The summed E-state index contributed by atoms with van der Waals surface area (Å²) >= 11 is 0. The molecule has 2 rings (SSSR count). The first-order valence-electron chi connectivity index (χ1n) is 15.8. The normalized spacial score (nSPS) is 12.2. The highest BCUT2D eigenvalue weighted by Crippen LogP contribution is 2.35. The molecular weight excluding hydrogens is 548 g/mol. The molecule has 2 aromatic rings. The third kappa shape index (κ3) is 14.2. The second kappa shape index (κ2) is 19.5. The number of rotatable bonds is 18. The number of fused-ring (bicyclic) bond motifs is 1. The van der Waals surface area contributed by atoms with Gasteiger partial charge in [0.25, 0.3) is 0 Å². The fraction of sp³-hybridized carbons (Fsp3) is 0.462. The Morgan fingerprint density at radius 3 is 1.48 bits per heavy atom. The Morgan fingerprint density at radius 1 is 0.591 bits per heavy atom. The topological polar surface area (TPSA) is 57.9 Å². The predicted molar refractivity (Wildman–Crippen MR) is 186 cm³/mol. The van der Waals surface area contributed by atoms with Gasteiger partial charge in [0, 0.05) is 6.07 Å². The summed E-state index contributed by atoms with van der Waals surface area (Å²) in [5.74, 6) is 1.10. The van der Waals surface area contributed by atoms with Crippen molar-refractivity contribution in [3.05, 3.63) is 98.5 Å². The first-order chi connectivity index (χ1) is 21.0. The van der Waals surface area contributed by atoms with Crippen LogP contribution in [0, 0.1) is 0 Å². The molecular formula is C39H54O5. The van der Waals surface area contributed by atoms with E-state index in [1.165, 1.54) is 33.4 Å². The summed E-state index contributed by atoms with van der Waals surface area (Å²) in [6.45, 7) is 20.0. The van der Waals surface area contributed by atoms with Gasteiger partial charge in [-0.1, -0.05) is 51.7 Å². The maximum atomic E-state index is 13.2. The molecule has 0 radical (unpaired) electrons. The summed E-state index contributed by atoms with van der Waals surface area (Å²) in [7, 11) is 0. The highest BCUT2D eigenvalue weighted by molar-refractivity contribution is 5.86. The van der Waals surface area contributed by atoms with E-state index in [4.69, 9.17) is 18.6 Å². The van der Waals surface area contributed by atoms with Gasteiger partial charge in [0.1, 0.15) is 31.2 Å². The second-order valence-electron chi connectivity index (χ2n) is 12.3. The molecule has 0 atom stereocenters. The fourth-order valence-corrected chi connectivity index (χ4v) is 4.38. The SMILES string of the molecule is CC(C)=CCC/C(C)=C/COc1ccc2c(OC/C=C(\C)CCC=C(C)C)c(OC/C=C(\C)CCC=C(C)C)c(=O)oc2c1. The third-order valence-electron chi connectivity index (χ3n) is 7.07. The Hall–Kier alpha value is -3.73. The van der Waals surface area contributed by atoms with E-state index in [1.807, 2.05) is 18.2 Å². The highest BCUT2D eigenvalue weighted by atomic mass is 16.5. The minimum atomic E-state index is -0.570. The van der Waals surface area contributed by atoms with Crippen LogP contribution >= 0.6 is 0 Å². The maximum Gasteiger partial charge on any atom is 0.383 e. The quantitative estimate of drug-likeness (QED) is 0.125. The Balaban J connectivity index is 2.27. The van der Waals surface area contributed by atoms with Crippen molar-refractivity contribution < 1.29 is 18.6 Å². The van der Waals surface area contributed by atoms with Crippen LogP contribution in [0.25, 0.3) is 11.0 Å². The van der Waals surface area contributed by atoms with Crippen LogP contribution in [-0.4, -0.2) is 19.8 Å². The summed E-state index contributed by atoms with van der Waals surface area (Å²) in [6.07, 6.45) is 18.7. The smallest absolute Gasteiger partial charge is 0.383 e.